The topological polar surface area (TPSA) is 70.6 Å². The Balaban J connectivity index is 2.41. The molecule has 1 fully saturated rings. The lowest BCUT2D eigenvalue weighted by Gasteiger charge is -2.19. The van der Waals surface area contributed by atoms with Crippen LogP contribution in [0.25, 0.3) is 0 Å². The van der Waals surface area contributed by atoms with Gasteiger partial charge in [0.1, 0.15) is 0 Å². The molecule has 1 aliphatic rings. The molecule has 0 bridgehead atoms. The Kier molecular flexibility index (Phi) is 4.66. The summed E-state index contributed by atoms with van der Waals surface area (Å²) in [7, 11) is 0. The number of carbonyl (C=O) groups excluding carboxylic acids is 2. The minimum Gasteiger partial charge on any atom is -0.343 e. The third-order valence-electron chi connectivity index (χ3n) is 2.44. The van der Waals surface area contributed by atoms with E-state index in [4.69, 9.17) is 0 Å². The Labute approximate surface area is 102 Å². The lowest BCUT2D eigenvalue weighted by Crippen LogP contribution is -2.47. The van der Waals surface area contributed by atoms with Gasteiger partial charge in [-0.3, -0.25) is 9.59 Å². The van der Waals surface area contributed by atoms with Crippen molar-refractivity contribution in [1.29, 1.82) is 0 Å². The van der Waals surface area contributed by atoms with E-state index in [1.165, 1.54) is 6.42 Å². The Bertz CT molecular complexity index is 321. The highest BCUT2D eigenvalue weighted by atomic mass is 16.2. The van der Waals surface area contributed by atoms with Gasteiger partial charge < -0.3 is 5.32 Å². The Morgan fingerprint density at radius 3 is 2.18 bits per heavy atom. The number of nitrogens with one attached hydrogen (secondary N) is 2. The van der Waals surface area contributed by atoms with Gasteiger partial charge in [-0.25, -0.2) is 5.43 Å². The zero-order valence-electron chi connectivity index (χ0n) is 10.8. The summed E-state index contributed by atoms with van der Waals surface area (Å²) in [6, 6.07) is 0. The van der Waals surface area contributed by atoms with Crippen LogP contribution in [-0.4, -0.2) is 23.1 Å². The maximum Gasteiger partial charge on any atom is 0.329 e. The fraction of sp³-hybridized carbons (Fsp3) is 0.750. The van der Waals surface area contributed by atoms with Crippen LogP contribution in [0.3, 0.4) is 0 Å². The van der Waals surface area contributed by atoms with Crippen LogP contribution in [0.2, 0.25) is 0 Å². The quantitative estimate of drug-likeness (QED) is 0.535. The van der Waals surface area contributed by atoms with E-state index in [0.717, 1.165) is 31.4 Å². The summed E-state index contributed by atoms with van der Waals surface area (Å²) in [5.41, 5.74) is 2.88. The lowest BCUT2D eigenvalue weighted by molar-refractivity contribution is -0.140. The fourth-order valence-corrected chi connectivity index (χ4v) is 1.65. The van der Waals surface area contributed by atoms with E-state index >= 15 is 0 Å². The molecule has 0 atom stereocenters. The van der Waals surface area contributed by atoms with Gasteiger partial charge in [0.2, 0.25) is 0 Å². The summed E-state index contributed by atoms with van der Waals surface area (Å²) in [4.78, 5) is 22.9. The van der Waals surface area contributed by atoms with Gasteiger partial charge in [-0.05, 0) is 46.5 Å². The zero-order valence-corrected chi connectivity index (χ0v) is 10.8. The fourth-order valence-electron chi connectivity index (χ4n) is 1.65. The highest BCUT2D eigenvalue weighted by Crippen LogP contribution is 2.14. The van der Waals surface area contributed by atoms with Crippen molar-refractivity contribution in [3.63, 3.8) is 0 Å². The smallest absolute Gasteiger partial charge is 0.329 e. The minimum atomic E-state index is -0.696. The molecule has 0 spiro atoms. The number of nitrogens with zero attached hydrogens (tertiary/aromatic N) is 1. The summed E-state index contributed by atoms with van der Waals surface area (Å²) >= 11 is 0. The van der Waals surface area contributed by atoms with Gasteiger partial charge in [-0.1, -0.05) is 6.42 Å². The third kappa shape index (κ3) is 5.47. The monoisotopic (exact) mass is 239 g/mol. The predicted molar refractivity (Wildman–Crippen MR) is 66.6 cm³/mol. The van der Waals surface area contributed by atoms with Gasteiger partial charge in [0, 0.05) is 11.3 Å². The first-order valence-corrected chi connectivity index (χ1v) is 6.06. The summed E-state index contributed by atoms with van der Waals surface area (Å²) in [5, 5.41) is 6.58. The third-order valence-corrected chi connectivity index (χ3v) is 2.44. The average molecular weight is 239 g/mol. The van der Waals surface area contributed by atoms with E-state index in [1.54, 1.807) is 0 Å². The summed E-state index contributed by atoms with van der Waals surface area (Å²) < 4.78 is 0. The van der Waals surface area contributed by atoms with Crippen molar-refractivity contribution in [3.8, 4) is 0 Å². The van der Waals surface area contributed by atoms with Gasteiger partial charge in [0.25, 0.3) is 0 Å². The molecule has 0 radical (unpaired) electrons. The first-order chi connectivity index (χ1) is 7.88. The van der Waals surface area contributed by atoms with Crippen molar-refractivity contribution >= 4 is 17.5 Å². The Morgan fingerprint density at radius 1 is 1.06 bits per heavy atom. The molecule has 1 rings (SSSR count). The Hall–Kier alpha value is -1.39. The molecule has 1 aliphatic carbocycles. The van der Waals surface area contributed by atoms with Crippen LogP contribution in [-0.2, 0) is 9.59 Å². The van der Waals surface area contributed by atoms with E-state index < -0.39 is 17.4 Å². The molecule has 17 heavy (non-hydrogen) atoms. The minimum absolute atomic E-state index is 0.410. The second-order valence-electron chi connectivity index (χ2n) is 5.38. The van der Waals surface area contributed by atoms with E-state index in [-0.39, 0.29) is 0 Å². The van der Waals surface area contributed by atoms with Crippen molar-refractivity contribution in [2.24, 2.45) is 5.10 Å². The molecular formula is C12H21N3O2. The van der Waals surface area contributed by atoms with Crippen LogP contribution >= 0.6 is 0 Å². The van der Waals surface area contributed by atoms with Crippen molar-refractivity contribution < 1.29 is 9.59 Å². The summed E-state index contributed by atoms with van der Waals surface area (Å²) in [6.07, 6.45) is 5.28. The number of hydrazone groups is 1. The molecule has 5 heteroatoms. The first kappa shape index (κ1) is 13.7. The highest BCUT2D eigenvalue weighted by Gasteiger charge is 2.20. The van der Waals surface area contributed by atoms with E-state index in [2.05, 4.69) is 15.8 Å². The average Bonchev–Trinajstić information content (AvgIpc) is 2.25. The molecule has 0 aromatic carbocycles. The number of carbonyl (C=O) groups is 2. The first-order valence-electron chi connectivity index (χ1n) is 6.06. The Morgan fingerprint density at radius 2 is 1.65 bits per heavy atom. The molecule has 0 unspecified atom stereocenters. The van der Waals surface area contributed by atoms with Crippen LogP contribution in [0.15, 0.2) is 5.10 Å². The maximum absolute atomic E-state index is 11.4. The van der Waals surface area contributed by atoms with Crippen LogP contribution in [0, 0.1) is 0 Å². The molecule has 0 aliphatic heterocycles. The molecule has 0 aromatic heterocycles. The summed E-state index contributed by atoms with van der Waals surface area (Å²) in [5.74, 6) is -1.34. The second kappa shape index (κ2) is 5.80. The van der Waals surface area contributed by atoms with Gasteiger partial charge in [-0.2, -0.15) is 5.10 Å². The number of amides is 2. The second-order valence-corrected chi connectivity index (χ2v) is 5.38. The maximum atomic E-state index is 11.4. The molecule has 2 amide bonds. The normalized spacial score (nSPS) is 16.3. The van der Waals surface area contributed by atoms with E-state index in [0.29, 0.717) is 0 Å². The van der Waals surface area contributed by atoms with E-state index in [1.807, 2.05) is 20.8 Å². The highest BCUT2D eigenvalue weighted by molar-refractivity contribution is 6.35. The van der Waals surface area contributed by atoms with Crippen LogP contribution in [0.4, 0.5) is 0 Å². The lowest BCUT2D eigenvalue weighted by atomic mass is 9.99. The number of hydrogen-bond acceptors (Lipinski definition) is 3. The van der Waals surface area contributed by atoms with Crippen molar-refractivity contribution in [2.75, 3.05) is 0 Å². The van der Waals surface area contributed by atoms with E-state index in [9.17, 15) is 9.59 Å². The van der Waals surface area contributed by atoms with Gasteiger partial charge >= 0.3 is 11.8 Å². The van der Waals surface area contributed by atoms with Crippen molar-refractivity contribution in [2.45, 2.75) is 58.4 Å². The standard InChI is InChI=1S/C12H21N3O2/c1-12(2,3)13-10(16)11(17)15-14-9-7-5-4-6-8-9/h4-8H2,1-3H3,(H,13,16)(H,15,17). The van der Waals surface area contributed by atoms with Crippen molar-refractivity contribution in [3.05, 3.63) is 0 Å². The van der Waals surface area contributed by atoms with Crippen LogP contribution < -0.4 is 10.7 Å². The van der Waals surface area contributed by atoms with Gasteiger partial charge in [0.05, 0.1) is 0 Å². The molecule has 2 N–H and O–H groups in total. The SMILES string of the molecule is CC(C)(C)NC(=O)C(=O)NN=C1CCCCC1. The largest absolute Gasteiger partial charge is 0.343 e. The van der Waals surface area contributed by atoms with Gasteiger partial charge in [0.15, 0.2) is 0 Å². The summed E-state index contributed by atoms with van der Waals surface area (Å²) in [6.45, 7) is 5.47. The van der Waals surface area contributed by atoms with Crippen LogP contribution in [0.5, 0.6) is 0 Å². The molecule has 5 nitrogen and oxygen atoms in total. The van der Waals surface area contributed by atoms with Crippen LogP contribution in [0.1, 0.15) is 52.9 Å². The molecular weight excluding hydrogens is 218 g/mol. The molecule has 1 saturated carbocycles. The number of hydrogen-bond donors (Lipinski definition) is 2. The van der Waals surface area contributed by atoms with Gasteiger partial charge in [-0.15, -0.1) is 0 Å². The molecule has 0 saturated heterocycles. The predicted octanol–water partition coefficient (Wildman–Crippen LogP) is 1.34. The molecule has 96 valence electrons. The molecule has 0 heterocycles. The van der Waals surface area contributed by atoms with Crippen molar-refractivity contribution in [1.82, 2.24) is 10.7 Å². The zero-order chi connectivity index (χ0) is 12.9. The number of rotatable bonds is 1. The molecule has 0 aromatic rings.